The second-order valence-corrected chi connectivity index (χ2v) is 5.67. The lowest BCUT2D eigenvalue weighted by molar-refractivity contribution is 0.0930. The van der Waals surface area contributed by atoms with Crippen LogP contribution in [0.25, 0.3) is 0 Å². The van der Waals surface area contributed by atoms with Gasteiger partial charge < -0.3 is 15.0 Å². The van der Waals surface area contributed by atoms with Crippen LogP contribution >= 0.6 is 0 Å². The van der Waals surface area contributed by atoms with Crippen LogP contribution in [-0.4, -0.2) is 53.9 Å². The molecule has 0 bridgehead atoms. The Labute approximate surface area is 120 Å². The van der Waals surface area contributed by atoms with Gasteiger partial charge in [0.25, 0.3) is 5.91 Å². The second kappa shape index (κ2) is 6.26. The fraction of sp³-hybridized carbons (Fsp3) is 0.714. The molecule has 0 radical (unpaired) electrons. The number of carbonyl (C=O) groups excluding carboxylic acids is 1. The summed E-state index contributed by atoms with van der Waals surface area (Å²) in [5.41, 5.74) is 1.32. The van der Waals surface area contributed by atoms with Gasteiger partial charge in [-0.15, -0.1) is 0 Å². The summed E-state index contributed by atoms with van der Waals surface area (Å²) in [7, 11) is 4.11. The molecule has 2 heterocycles. The van der Waals surface area contributed by atoms with Crippen LogP contribution in [0.15, 0.2) is 0 Å². The molecule has 1 aliphatic heterocycles. The lowest BCUT2D eigenvalue weighted by atomic mass is 10.1. The summed E-state index contributed by atoms with van der Waals surface area (Å²) in [5.74, 6) is 0.626. The molecule has 0 saturated carbocycles. The third-order valence-electron chi connectivity index (χ3n) is 3.51. The molecule has 6 nitrogen and oxygen atoms in total. The van der Waals surface area contributed by atoms with Crippen LogP contribution in [0.3, 0.4) is 0 Å². The Morgan fingerprint density at radius 3 is 2.95 bits per heavy atom. The molecule has 1 aromatic rings. The van der Waals surface area contributed by atoms with Crippen LogP contribution in [0.5, 0.6) is 5.88 Å². The SMILES string of the molecule is Cc1c(C(=O)NC(C)CCCN(C)C)nn2c1OCC2. The number of fused-ring (bicyclic) bond motifs is 1. The molecule has 1 unspecified atom stereocenters. The number of hydrogen-bond acceptors (Lipinski definition) is 4. The topological polar surface area (TPSA) is 59.4 Å². The Morgan fingerprint density at radius 2 is 2.30 bits per heavy atom. The van der Waals surface area contributed by atoms with Crippen molar-refractivity contribution in [2.45, 2.75) is 39.3 Å². The second-order valence-electron chi connectivity index (χ2n) is 5.67. The van der Waals surface area contributed by atoms with Crippen LogP contribution in [-0.2, 0) is 6.54 Å². The number of aromatic nitrogens is 2. The zero-order chi connectivity index (χ0) is 14.7. The lowest BCUT2D eigenvalue weighted by Crippen LogP contribution is -2.34. The van der Waals surface area contributed by atoms with E-state index in [1.54, 1.807) is 4.68 Å². The van der Waals surface area contributed by atoms with E-state index < -0.39 is 0 Å². The normalized spacial score (nSPS) is 15.1. The standard InChI is InChI=1S/C14H24N4O2/c1-10(6-5-7-17(3)4)15-13(19)12-11(2)14-18(16-12)8-9-20-14/h10H,5-9H2,1-4H3,(H,15,19). The Bertz CT molecular complexity index is 482. The van der Waals surface area contributed by atoms with Gasteiger partial charge in [-0.25, -0.2) is 4.68 Å². The first-order chi connectivity index (χ1) is 9.49. The summed E-state index contributed by atoms with van der Waals surface area (Å²) in [6.07, 6.45) is 2.03. The van der Waals surface area contributed by atoms with Crippen molar-refractivity contribution in [3.8, 4) is 5.88 Å². The Kier molecular flexibility index (Phi) is 4.65. The lowest BCUT2D eigenvalue weighted by Gasteiger charge is -2.15. The van der Waals surface area contributed by atoms with E-state index in [0.29, 0.717) is 12.3 Å². The van der Waals surface area contributed by atoms with Crippen molar-refractivity contribution < 1.29 is 9.53 Å². The van der Waals surface area contributed by atoms with E-state index in [0.717, 1.165) is 37.4 Å². The van der Waals surface area contributed by atoms with Crippen LogP contribution in [0.2, 0.25) is 0 Å². The van der Waals surface area contributed by atoms with Gasteiger partial charge in [0.1, 0.15) is 6.61 Å². The minimum absolute atomic E-state index is 0.106. The van der Waals surface area contributed by atoms with E-state index in [1.807, 2.05) is 13.8 Å². The van der Waals surface area contributed by atoms with Gasteiger partial charge in [-0.1, -0.05) is 0 Å². The molecular weight excluding hydrogens is 256 g/mol. The summed E-state index contributed by atoms with van der Waals surface area (Å²) in [4.78, 5) is 14.4. The highest BCUT2D eigenvalue weighted by molar-refractivity contribution is 5.94. The summed E-state index contributed by atoms with van der Waals surface area (Å²) in [6, 6.07) is 0.152. The first kappa shape index (κ1) is 14.8. The fourth-order valence-corrected chi connectivity index (χ4v) is 2.39. The summed E-state index contributed by atoms with van der Waals surface area (Å²) >= 11 is 0. The molecule has 0 fully saturated rings. The molecular formula is C14H24N4O2. The zero-order valence-electron chi connectivity index (χ0n) is 12.8. The first-order valence-corrected chi connectivity index (χ1v) is 7.15. The Balaban J connectivity index is 1.88. The van der Waals surface area contributed by atoms with Crippen molar-refractivity contribution in [3.63, 3.8) is 0 Å². The van der Waals surface area contributed by atoms with Crippen LogP contribution in [0, 0.1) is 6.92 Å². The molecule has 20 heavy (non-hydrogen) atoms. The van der Waals surface area contributed by atoms with Crippen molar-refractivity contribution >= 4 is 5.91 Å². The smallest absolute Gasteiger partial charge is 0.272 e. The highest BCUT2D eigenvalue weighted by Crippen LogP contribution is 2.25. The molecule has 0 saturated heterocycles. The van der Waals surface area contributed by atoms with E-state index in [4.69, 9.17) is 4.74 Å². The van der Waals surface area contributed by atoms with Crippen LogP contribution in [0.4, 0.5) is 0 Å². The average molecular weight is 280 g/mol. The molecule has 1 amide bonds. The number of rotatable bonds is 6. The predicted molar refractivity (Wildman–Crippen MR) is 77.2 cm³/mol. The molecule has 0 spiro atoms. The zero-order valence-corrected chi connectivity index (χ0v) is 12.8. The summed E-state index contributed by atoms with van der Waals surface area (Å²) in [5, 5.41) is 7.33. The molecule has 2 rings (SSSR count). The molecule has 112 valence electrons. The fourth-order valence-electron chi connectivity index (χ4n) is 2.39. The third-order valence-corrected chi connectivity index (χ3v) is 3.51. The maximum Gasteiger partial charge on any atom is 0.272 e. The maximum absolute atomic E-state index is 12.2. The molecule has 1 atom stereocenters. The maximum atomic E-state index is 12.2. The number of carbonyl (C=O) groups is 1. The highest BCUT2D eigenvalue weighted by Gasteiger charge is 2.24. The predicted octanol–water partition coefficient (Wildman–Crippen LogP) is 1.04. The van der Waals surface area contributed by atoms with E-state index >= 15 is 0 Å². The van der Waals surface area contributed by atoms with Gasteiger partial charge in [-0.3, -0.25) is 4.79 Å². The van der Waals surface area contributed by atoms with Gasteiger partial charge in [0.2, 0.25) is 5.88 Å². The number of ether oxygens (including phenoxy) is 1. The molecule has 0 aromatic carbocycles. The molecule has 1 aromatic heterocycles. The number of amides is 1. The van der Waals surface area contributed by atoms with Crippen LogP contribution < -0.4 is 10.1 Å². The van der Waals surface area contributed by atoms with Crippen molar-refractivity contribution in [2.24, 2.45) is 0 Å². The number of nitrogens with one attached hydrogen (secondary N) is 1. The number of nitrogens with zero attached hydrogens (tertiary/aromatic N) is 3. The van der Waals surface area contributed by atoms with E-state index in [1.165, 1.54) is 0 Å². The van der Waals surface area contributed by atoms with E-state index in [-0.39, 0.29) is 11.9 Å². The average Bonchev–Trinajstić information content (AvgIpc) is 2.92. The van der Waals surface area contributed by atoms with Gasteiger partial charge in [0.05, 0.1) is 6.54 Å². The van der Waals surface area contributed by atoms with Gasteiger partial charge in [0, 0.05) is 11.6 Å². The highest BCUT2D eigenvalue weighted by atomic mass is 16.5. The van der Waals surface area contributed by atoms with Crippen molar-refractivity contribution in [3.05, 3.63) is 11.3 Å². The van der Waals surface area contributed by atoms with E-state index in [9.17, 15) is 4.79 Å². The largest absolute Gasteiger partial charge is 0.476 e. The van der Waals surface area contributed by atoms with Gasteiger partial charge in [0.15, 0.2) is 5.69 Å². The molecule has 0 aliphatic carbocycles. The van der Waals surface area contributed by atoms with Gasteiger partial charge in [-0.05, 0) is 47.3 Å². The third kappa shape index (κ3) is 3.30. The summed E-state index contributed by atoms with van der Waals surface area (Å²) in [6.45, 7) is 6.32. The van der Waals surface area contributed by atoms with Crippen LogP contribution in [0.1, 0.15) is 35.8 Å². The van der Waals surface area contributed by atoms with Gasteiger partial charge in [-0.2, -0.15) is 5.10 Å². The summed E-state index contributed by atoms with van der Waals surface area (Å²) < 4.78 is 7.24. The quantitative estimate of drug-likeness (QED) is 0.846. The number of hydrogen-bond donors (Lipinski definition) is 1. The van der Waals surface area contributed by atoms with E-state index in [2.05, 4.69) is 29.4 Å². The molecule has 1 aliphatic rings. The molecule has 1 N–H and O–H groups in total. The Morgan fingerprint density at radius 1 is 1.55 bits per heavy atom. The molecule has 6 heteroatoms. The van der Waals surface area contributed by atoms with Crippen molar-refractivity contribution in [1.29, 1.82) is 0 Å². The first-order valence-electron chi connectivity index (χ1n) is 7.15. The van der Waals surface area contributed by atoms with Crippen molar-refractivity contribution in [2.75, 3.05) is 27.2 Å². The Hall–Kier alpha value is -1.56. The monoisotopic (exact) mass is 280 g/mol. The van der Waals surface area contributed by atoms with Crippen molar-refractivity contribution in [1.82, 2.24) is 20.0 Å². The van der Waals surface area contributed by atoms with Gasteiger partial charge >= 0.3 is 0 Å². The minimum Gasteiger partial charge on any atom is -0.476 e. The minimum atomic E-state index is -0.106.